The van der Waals surface area contributed by atoms with Crippen LogP contribution in [0, 0.1) is 6.92 Å². The van der Waals surface area contributed by atoms with E-state index in [1.807, 2.05) is 45.0 Å². The van der Waals surface area contributed by atoms with Gasteiger partial charge in [-0.1, -0.05) is 26.0 Å². The van der Waals surface area contributed by atoms with Crippen LogP contribution in [0.5, 0.6) is 11.5 Å². The molecule has 0 radical (unpaired) electrons. The zero-order valence-electron chi connectivity index (χ0n) is 21.5. The average Bonchev–Trinajstić information content (AvgIpc) is 3.09. The molecule has 1 unspecified atom stereocenters. The largest absolute Gasteiger partial charge is 0.507 e. The lowest BCUT2D eigenvalue weighted by atomic mass is 9.93. The number of ether oxygens (including phenoxy) is 2. The van der Waals surface area contributed by atoms with E-state index in [9.17, 15) is 14.7 Å². The van der Waals surface area contributed by atoms with E-state index < -0.39 is 17.7 Å². The smallest absolute Gasteiger partial charge is 0.295 e. The Morgan fingerprint density at radius 1 is 1.09 bits per heavy atom. The molecule has 0 aromatic heterocycles. The number of carbonyl (C=O) groups excluding carboxylic acids is 2. The van der Waals surface area contributed by atoms with Crippen molar-refractivity contribution in [2.24, 2.45) is 0 Å². The van der Waals surface area contributed by atoms with E-state index in [1.54, 1.807) is 30.2 Å². The van der Waals surface area contributed by atoms with E-state index in [0.29, 0.717) is 30.2 Å². The van der Waals surface area contributed by atoms with Crippen molar-refractivity contribution in [1.82, 2.24) is 9.80 Å². The molecule has 1 saturated heterocycles. The predicted octanol–water partition coefficient (Wildman–Crippen LogP) is 4.55. The molecule has 0 aliphatic carbocycles. The number of aliphatic hydroxyl groups excluding tert-OH is 1. The van der Waals surface area contributed by atoms with Gasteiger partial charge in [0.15, 0.2) is 0 Å². The molecule has 3 rings (SSSR count). The van der Waals surface area contributed by atoms with Crippen molar-refractivity contribution >= 4 is 17.4 Å². The van der Waals surface area contributed by atoms with Gasteiger partial charge in [0.05, 0.1) is 24.8 Å². The summed E-state index contributed by atoms with van der Waals surface area (Å²) in [6.45, 7) is 12.5. The Kier molecular flexibility index (Phi) is 8.57. The summed E-state index contributed by atoms with van der Waals surface area (Å²) in [5, 5.41) is 11.4. The Hall–Kier alpha value is -3.32. The molecular formula is C28H36N2O5. The number of methoxy groups -OCH3 is 1. The Morgan fingerprint density at radius 3 is 2.40 bits per heavy atom. The van der Waals surface area contributed by atoms with Gasteiger partial charge in [-0.25, -0.2) is 0 Å². The van der Waals surface area contributed by atoms with Crippen LogP contribution >= 0.6 is 0 Å². The molecule has 2 aromatic rings. The summed E-state index contributed by atoms with van der Waals surface area (Å²) in [6, 6.07) is 11.9. The summed E-state index contributed by atoms with van der Waals surface area (Å²) >= 11 is 0. The van der Waals surface area contributed by atoms with Gasteiger partial charge >= 0.3 is 0 Å². The van der Waals surface area contributed by atoms with Crippen molar-refractivity contribution in [3.05, 3.63) is 64.7 Å². The maximum atomic E-state index is 13.3. The number of carbonyl (C=O) groups is 2. The van der Waals surface area contributed by atoms with Gasteiger partial charge in [0.25, 0.3) is 11.7 Å². The van der Waals surface area contributed by atoms with Crippen LogP contribution in [0.4, 0.5) is 0 Å². The molecule has 1 aliphatic rings. The lowest BCUT2D eigenvalue weighted by Gasteiger charge is -2.28. The summed E-state index contributed by atoms with van der Waals surface area (Å²) in [5.74, 6) is -0.183. The molecule has 0 spiro atoms. The Labute approximate surface area is 207 Å². The molecule has 7 nitrogen and oxygen atoms in total. The number of ketones is 1. The number of likely N-dealkylation sites (N-methyl/N-ethyl adjacent to an activating group) is 1. The highest BCUT2D eigenvalue weighted by molar-refractivity contribution is 6.46. The second kappa shape index (κ2) is 11.4. The van der Waals surface area contributed by atoms with Crippen molar-refractivity contribution in [1.29, 1.82) is 0 Å². The van der Waals surface area contributed by atoms with Gasteiger partial charge < -0.3 is 24.4 Å². The highest BCUT2D eigenvalue weighted by atomic mass is 16.5. The standard InChI is InChI=1S/C28H36N2O5/c1-7-29(8-2)14-15-30-25(20-10-9-11-22(17-20)35-18(3)4)24(27(32)28(30)33)26(31)23-13-12-21(34-6)16-19(23)5/h9-13,16-18,25,31H,7-8,14-15H2,1-6H3/b26-24+. The molecule has 7 heteroatoms. The van der Waals surface area contributed by atoms with E-state index in [4.69, 9.17) is 9.47 Å². The lowest BCUT2D eigenvalue weighted by molar-refractivity contribution is -0.140. The molecule has 1 atom stereocenters. The molecule has 0 bridgehead atoms. The third-order valence-corrected chi connectivity index (χ3v) is 6.33. The first-order valence-electron chi connectivity index (χ1n) is 12.1. The van der Waals surface area contributed by atoms with Crippen molar-refractivity contribution in [3.8, 4) is 11.5 Å². The fourth-order valence-electron chi connectivity index (χ4n) is 4.45. The number of aryl methyl sites for hydroxylation is 1. The van der Waals surface area contributed by atoms with Gasteiger partial charge in [-0.15, -0.1) is 0 Å². The third-order valence-electron chi connectivity index (χ3n) is 6.33. The average molecular weight is 481 g/mol. The molecule has 2 aromatic carbocycles. The summed E-state index contributed by atoms with van der Waals surface area (Å²) in [5.41, 5.74) is 2.04. The van der Waals surface area contributed by atoms with Crippen LogP contribution in [0.1, 0.15) is 50.4 Å². The lowest BCUT2D eigenvalue weighted by Crippen LogP contribution is -2.38. The molecule has 0 saturated carbocycles. The molecule has 1 N–H and O–H groups in total. The fraction of sp³-hybridized carbons (Fsp3) is 0.429. The molecule has 1 aliphatic heterocycles. The van der Waals surface area contributed by atoms with E-state index in [2.05, 4.69) is 18.7 Å². The van der Waals surface area contributed by atoms with Gasteiger partial charge in [0.1, 0.15) is 17.3 Å². The van der Waals surface area contributed by atoms with Crippen LogP contribution in [-0.2, 0) is 9.59 Å². The minimum atomic E-state index is -0.720. The highest BCUT2D eigenvalue weighted by Crippen LogP contribution is 2.41. The number of Topliss-reactive ketones (excluding diaryl/α,β-unsaturated/α-hetero) is 1. The maximum Gasteiger partial charge on any atom is 0.295 e. The molecule has 35 heavy (non-hydrogen) atoms. The number of aliphatic hydroxyl groups is 1. The van der Waals surface area contributed by atoms with Gasteiger partial charge in [0.2, 0.25) is 0 Å². The van der Waals surface area contributed by atoms with E-state index in [1.165, 1.54) is 0 Å². The van der Waals surface area contributed by atoms with Crippen LogP contribution in [0.25, 0.3) is 5.76 Å². The van der Waals surface area contributed by atoms with Crippen LogP contribution in [0.3, 0.4) is 0 Å². The minimum Gasteiger partial charge on any atom is -0.507 e. The first-order chi connectivity index (χ1) is 16.7. The van der Waals surface area contributed by atoms with E-state index in [0.717, 1.165) is 24.2 Å². The van der Waals surface area contributed by atoms with Crippen molar-refractivity contribution in [3.63, 3.8) is 0 Å². The second-order valence-electron chi connectivity index (χ2n) is 8.94. The van der Waals surface area contributed by atoms with Crippen LogP contribution in [0.2, 0.25) is 0 Å². The molecule has 1 amide bonds. The molecular weight excluding hydrogens is 444 g/mol. The highest BCUT2D eigenvalue weighted by Gasteiger charge is 2.46. The van der Waals surface area contributed by atoms with Crippen molar-refractivity contribution in [2.45, 2.75) is 46.8 Å². The van der Waals surface area contributed by atoms with E-state index >= 15 is 0 Å². The van der Waals surface area contributed by atoms with Crippen LogP contribution in [0.15, 0.2) is 48.0 Å². The zero-order valence-corrected chi connectivity index (χ0v) is 21.5. The normalized spacial score (nSPS) is 17.5. The van der Waals surface area contributed by atoms with Crippen molar-refractivity contribution < 1.29 is 24.2 Å². The molecule has 1 fully saturated rings. The van der Waals surface area contributed by atoms with Crippen molar-refractivity contribution in [2.75, 3.05) is 33.3 Å². The molecule has 188 valence electrons. The number of benzene rings is 2. The summed E-state index contributed by atoms with van der Waals surface area (Å²) in [4.78, 5) is 30.3. The summed E-state index contributed by atoms with van der Waals surface area (Å²) in [7, 11) is 1.57. The SMILES string of the molecule is CCN(CC)CCN1C(=O)C(=O)/C(=C(/O)c2ccc(OC)cc2C)C1c1cccc(OC(C)C)c1. The van der Waals surface area contributed by atoms with Gasteiger partial charge in [-0.3, -0.25) is 9.59 Å². The zero-order chi connectivity index (χ0) is 25.7. The second-order valence-corrected chi connectivity index (χ2v) is 8.94. The number of nitrogens with zero attached hydrogens (tertiary/aromatic N) is 2. The maximum absolute atomic E-state index is 13.3. The predicted molar refractivity (Wildman–Crippen MR) is 137 cm³/mol. The Balaban J connectivity index is 2.14. The minimum absolute atomic E-state index is 0.0266. The monoisotopic (exact) mass is 480 g/mol. The first kappa shape index (κ1) is 26.3. The first-order valence-corrected chi connectivity index (χ1v) is 12.1. The number of hydrogen-bond acceptors (Lipinski definition) is 6. The fourth-order valence-corrected chi connectivity index (χ4v) is 4.45. The van der Waals surface area contributed by atoms with Crippen LogP contribution in [-0.4, -0.2) is 66.0 Å². The molecule has 1 heterocycles. The van der Waals surface area contributed by atoms with E-state index in [-0.39, 0.29) is 17.4 Å². The van der Waals surface area contributed by atoms with Gasteiger partial charge in [-0.2, -0.15) is 0 Å². The summed E-state index contributed by atoms with van der Waals surface area (Å²) in [6.07, 6.45) is -0.0266. The number of rotatable bonds is 10. The Bertz CT molecular complexity index is 1100. The topological polar surface area (TPSA) is 79.3 Å². The Morgan fingerprint density at radius 2 is 1.80 bits per heavy atom. The number of likely N-dealkylation sites (tertiary alicyclic amines) is 1. The quantitative estimate of drug-likeness (QED) is 0.305. The van der Waals surface area contributed by atoms with Gasteiger partial charge in [-0.05, 0) is 75.3 Å². The van der Waals surface area contributed by atoms with Crippen LogP contribution < -0.4 is 9.47 Å². The number of hydrogen-bond donors (Lipinski definition) is 1. The number of amides is 1. The third kappa shape index (κ3) is 5.68. The van der Waals surface area contributed by atoms with Gasteiger partial charge in [0, 0.05) is 18.7 Å². The summed E-state index contributed by atoms with van der Waals surface area (Å²) < 4.78 is 11.1.